The van der Waals surface area contributed by atoms with Crippen molar-refractivity contribution in [3.05, 3.63) is 29.8 Å². The van der Waals surface area contributed by atoms with Gasteiger partial charge in [0.15, 0.2) is 6.61 Å². The molecule has 0 N–H and O–H groups in total. The summed E-state index contributed by atoms with van der Waals surface area (Å²) >= 11 is 0. The maximum Gasteiger partial charge on any atom is 0.338 e. The summed E-state index contributed by atoms with van der Waals surface area (Å²) < 4.78 is 37.2. The molecule has 0 saturated carbocycles. The fraction of sp³-hybridized carbons (Fsp3) is 0.579. The van der Waals surface area contributed by atoms with E-state index in [-0.39, 0.29) is 28.6 Å². The maximum absolute atomic E-state index is 12.6. The highest BCUT2D eigenvalue weighted by molar-refractivity contribution is 7.89. The van der Waals surface area contributed by atoms with Crippen LogP contribution >= 0.6 is 0 Å². The number of nitrogens with zero attached hydrogens (tertiary/aromatic N) is 2. The number of carbonyl (C=O) groups excluding carboxylic acids is 2. The van der Waals surface area contributed by atoms with E-state index >= 15 is 0 Å². The number of morpholine rings is 1. The molecule has 2 atom stereocenters. The number of ether oxygens (including phenoxy) is 2. The van der Waals surface area contributed by atoms with Crippen molar-refractivity contribution in [2.45, 2.75) is 44.8 Å². The number of benzene rings is 1. The zero-order valence-electron chi connectivity index (χ0n) is 16.8. The second-order valence-corrected chi connectivity index (χ2v) is 8.69. The third-order valence-electron chi connectivity index (χ3n) is 4.51. The number of rotatable bonds is 7. The lowest BCUT2D eigenvalue weighted by Crippen LogP contribution is -2.49. The summed E-state index contributed by atoms with van der Waals surface area (Å²) in [6.45, 7) is 8.41. The SMILES string of the molecule is CCN(CC)S(=O)(=O)c1cccc(C(=O)OCC(=O)N2CC(C)OC(C)C2)c1. The molecule has 1 aliphatic rings. The first kappa shape index (κ1) is 22.3. The third-order valence-corrected chi connectivity index (χ3v) is 6.56. The third kappa shape index (κ3) is 5.30. The molecule has 1 heterocycles. The van der Waals surface area contributed by atoms with Crippen molar-refractivity contribution in [2.75, 3.05) is 32.8 Å². The molecule has 1 fully saturated rings. The summed E-state index contributed by atoms with van der Waals surface area (Å²) in [7, 11) is -3.68. The average Bonchev–Trinajstić information content (AvgIpc) is 2.66. The fourth-order valence-corrected chi connectivity index (χ4v) is 4.68. The molecule has 0 radical (unpaired) electrons. The van der Waals surface area contributed by atoms with Gasteiger partial charge in [-0.15, -0.1) is 0 Å². The van der Waals surface area contributed by atoms with Crippen LogP contribution in [0.4, 0.5) is 0 Å². The Bertz CT molecular complexity index is 796. The minimum atomic E-state index is -3.68. The molecule has 0 spiro atoms. The molecule has 1 aromatic carbocycles. The van der Waals surface area contributed by atoms with Crippen LogP contribution in [0.15, 0.2) is 29.2 Å². The minimum absolute atomic E-state index is 0.0211. The molecule has 156 valence electrons. The number of sulfonamides is 1. The summed E-state index contributed by atoms with van der Waals surface area (Å²) in [4.78, 5) is 26.3. The van der Waals surface area contributed by atoms with Gasteiger partial charge in [0.05, 0.1) is 22.7 Å². The molecule has 28 heavy (non-hydrogen) atoms. The minimum Gasteiger partial charge on any atom is -0.452 e. The summed E-state index contributed by atoms with van der Waals surface area (Å²) in [5, 5.41) is 0. The van der Waals surface area contributed by atoms with Gasteiger partial charge in [0.2, 0.25) is 10.0 Å². The zero-order chi connectivity index (χ0) is 20.9. The van der Waals surface area contributed by atoms with Crippen molar-refractivity contribution >= 4 is 21.9 Å². The van der Waals surface area contributed by atoms with Crippen molar-refractivity contribution in [2.24, 2.45) is 0 Å². The highest BCUT2D eigenvalue weighted by atomic mass is 32.2. The van der Waals surface area contributed by atoms with Gasteiger partial charge in [-0.05, 0) is 32.0 Å². The van der Waals surface area contributed by atoms with Gasteiger partial charge >= 0.3 is 5.97 Å². The highest BCUT2D eigenvalue weighted by Gasteiger charge is 2.27. The summed E-state index contributed by atoms with van der Waals surface area (Å²) in [5.41, 5.74) is 0.0877. The van der Waals surface area contributed by atoms with E-state index in [0.29, 0.717) is 26.2 Å². The van der Waals surface area contributed by atoms with Crippen molar-refractivity contribution in [3.8, 4) is 0 Å². The zero-order valence-corrected chi connectivity index (χ0v) is 17.6. The Kier molecular flexibility index (Phi) is 7.56. The van der Waals surface area contributed by atoms with Crippen LogP contribution in [-0.4, -0.2) is 74.5 Å². The lowest BCUT2D eigenvalue weighted by Gasteiger charge is -2.35. The van der Waals surface area contributed by atoms with E-state index in [1.165, 1.54) is 28.6 Å². The molecule has 1 aliphatic heterocycles. The first-order chi connectivity index (χ1) is 13.2. The summed E-state index contributed by atoms with van der Waals surface area (Å²) in [6, 6.07) is 5.67. The topological polar surface area (TPSA) is 93.2 Å². The van der Waals surface area contributed by atoms with Crippen LogP contribution < -0.4 is 0 Å². The molecule has 1 saturated heterocycles. The molecule has 0 aromatic heterocycles. The van der Waals surface area contributed by atoms with Crippen molar-refractivity contribution < 1.29 is 27.5 Å². The van der Waals surface area contributed by atoms with Crippen LogP contribution in [0.5, 0.6) is 0 Å². The van der Waals surface area contributed by atoms with Crippen LogP contribution in [0.2, 0.25) is 0 Å². The number of hydrogen-bond acceptors (Lipinski definition) is 6. The quantitative estimate of drug-likeness (QED) is 0.630. The molecular weight excluding hydrogens is 384 g/mol. The molecule has 1 amide bonds. The monoisotopic (exact) mass is 412 g/mol. The van der Waals surface area contributed by atoms with Crippen LogP contribution in [0.3, 0.4) is 0 Å². The lowest BCUT2D eigenvalue weighted by molar-refractivity contribution is -0.146. The van der Waals surface area contributed by atoms with E-state index in [4.69, 9.17) is 9.47 Å². The predicted octanol–water partition coefficient (Wildman–Crippen LogP) is 1.51. The van der Waals surface area contributed by atoms with Gasteiger partial charge in [0, 0.05) is 26.2 Å². The lowest BCUT2D eigenvalue weighted by atomic mass is 10.2. The molecule has 1 aromatic rings. The Hall–Kier alpha value is -1.97. The smallest absolute Gasteiger partial charge is 0.338 e. The van der Waals surface area contributed by atoms with Crippen LogP contribution in [0.1, 0.15) is 38.1 Å². The van der Waals surface area contributed by atoms with Gasteiger partial charge in [-0.25, -0.2) is 13.2 Å². The number of hydrogen-bond donors (Lipinski definition) is 0. The van der Waals surface area contributed by atoms with E-state index in [2.05, 4.69) is 0 Å². The van der Waals surface area contributed by atoms with Crippen molar-refractivity contribution in [3.63, 3.8) is 0 Å². The van der Waals surface area contributed by atoms with Crippen LogP contribution in [0.25, 0.3) is 0 Å². The molecule has 8 nitrogen and oxygen atoms in total. The standard InChI is InChI=1S/C19H28N2O6S/c1-5-21(6-2)28(24,25)17-9-7-8-16(10-17)19(23)26-13-18(22)20-11-14(3)27-15(4)12-20/h7-10,14-15H,5-6,11-13H2,1-4H3. The van der Waals surface area contributed by atoms with E-state index in [1.807, 2.05) is 13.8 Å². The Morgan fingerprint density at radius 3 is 2.36 bits per heavy atom. The Labute approximate surface area is 166 Å². The molecule has 2 unspecified atom stereocenters. The summed E-state index contributed by atoms with van der Waals surface area (Å²) in [6.07, 6.45) is -0.157. The largest absolute Gasteiger partial charge is 0.452 e. The molecule has 2 rings (SSSR count). The number of esters is 1. The Morgan fingerprint density at radius 2 is 1.79 bits per heavy atom. The number of amides is 1. The van der Waals surface area contributed by atoms with Gasteiger partial charge in [-0.2, -0.15) is 4.31 Å². The summed E-state index contributed by atoms with van der Waals surface area (Å²) in [5.74, 6) is -1.04. The Balaban J connectivity index is 2.04. The van der Waals surface area contributed by atoms with E-state index in [1.54, 1.807) is 18.7 Å². The van der Waals surface area contributed by atoms with Gasteiger partial charge < -0.3 is 14.4 Å². The van der Waals surface area contributed by atoms with Crippen LogP contribution in [0, 0.1) is 0 Å². The van der Waals surface area contributed by atoms with Gasteiger partial charge in [0.1, 0.15) is 0 Å². The fourth-order valence-electron chi connectivity index (χ4n) is 3.18. The van der Waals surface area contributed by atoms with Gasteiger partial charge in [0.25, 0.3) is 5.91 Å². The Morgan fingerprint density at radius 1 is 1.18 bits per heavy atom. The second-order valence-electron chi connectivity index (χ2n) is 6.75. The molecule has 0 aliphatic carbocycles. The predicted molar refractivity (Wildman–Crippen MR) is 103 cm³/mol. The second kappa shape index (κ2) is 9.49. The first-order valence-corrected chi connectivity index (χ1v) is 10.8. The van der Waals surface area contributed by atoms with E-state index in [0.717, 1.165) is 0 Å². The molecule has 9 heteroatoms. The average molecular weight is 413 g/mol. The van der Waals surface area contributed by atoms with Gasteiger partial charge in [-0.1, -0.05) is 19.9 Å². The van der Waals surface area contributed by atoms with Gasteiger partial charge in [-0.3, -0.25) is 4.79 Å². The van der Waals surface area contributed by atoms with Crippen molar-refractivity contribution in [1.29, 1.82) is 0 Å². The number of carbonyl (C=O) groups is 2. The normalized spacial score (nSPS) is 20.2. The highest BCUT2D eigenvalue weighted by Crippen LogP contribution is 2.18. The van der Waals surface area contributed by atoms with Crippen molar-refractivity contribution in [1.82, 2.24) is 9.21 Å². The first-order valence-electron chi connectivity index (χ1n) is 9.39. The van der Waals surface area contributed by atoms with Crippen LogP contribution in [-0.2, 0) is 24.3 Å². The maximum atomic E-state index is 12.6. The van der Waals surface area contributed by atoms with E-state index < -0.39 is 22.6 Å². The molecule has 0 bridgehead atoms. The molecular formula is C19H28N2O6S. The van der Waals surface area contributed by atoms with E-state index in [9.17, 15) is 18.0 Å².